The maximum atomic E-state index is 11.3. The molecular weight excluding hydrogens is 180 g/mol. The zero-order chi connectivity index (χ0) is 11.0. The van der Waals surface area contributed by atoms with Crippen LogP contribution in [0.15, 0.2) is 36.5 Å². The average Bonchev–Trinajstić information content (AvgIpc) is 2.23. The highest BCUT2D eigenvalue weighted by molar-refractivity contribution is 5.90. The predicted octanol–water partition coefficient (Wildman–Crippen LogP) is 1.86. The summed E-state index contributed by atoms with van der Waals surface area (Å²) >= 11 is 0. The Hall–Kier alpha value is -1.35. The number of carbonyl (C=O) groups excluding carboxylic acids is 1. The minimum atomic E-state index is -0.409. The molecule has 0 rings (SSSR count). The van der Waals surface area contributed by atoms with Crippen LogP contribution < -0.4 is 0 Å². The monoisotopic (exact) mass is 196 g/mol. The third-order valence-electron chi connectivity index (χ3n) is 1.67. The van der Waals surface area contributed by atoms with Crippen molar-refractivity contribution in [1.29, 1.82) is 0 Å². The van der Waals surface area contributed by atoms with Crippen LogP contribution in [0.4, 0.5) is 0 Å². The summed E-state index contributed by atoms with van der Waals surface area (Å²) in [4.78, 5) is 11.3. The molecule has 0 radical (unpaired) electrons. The van der Waals surface area contributed by atoms with E-state index in [0.29, 0.717) is 17.8 Å². The van der Waals surface area contributed by atoms with E-state index in [1.54, 1.807) is 12.2 Å². The van der Waals surface area contributed by atoms with Crippen molar-refractivity contribution in [2.75, 3.05) is 20.3 Å². The quantitative estimate of drug-likeness (QED) is 0.369. The highest BCUT2D eigenvalue weighted by atomic mass is 16.5. The fraction of sp³-hybridized carbons (Fsp3) is 0.364. The minimum absolute atomic E-state index is 0.219. The zero-order valence-electron chi connectivity index (χ0n) is 8.71. The van der Waals surface area contributed by atoms with E-state index in [0.717, 1.165) is 0 Å². The summed E-state index contributed by atoms with van der Waals surface area (Å²) in [6, 6.07) is 0. The van der Waals surface area contributed by atoms with Crippen molar-refractivity contribution in [1.82, 2.24) is 0 Å². The molecule has 0 aromatic rings. The van der Waals surface area contributed by atoms with Gasteiger partial charge in [-0.05, 0) is 12.5 Å². The Morgan fingerprint density at radius 3 is 2.29 bits per heavy atom. The highest BCUT2D eigenvalue weighted by Gasteiger charge is 2.12. The van der Waals surface area contributed by atoms with Crippen molar-refractivity contribution in [3.8, 4) is 0 Å². The summed E-state index contributed by atoms with van der Waals surface area (Å²) in [6.45, 7) is 9.79. The second-order valence-corrected chi connectivity index (χ2v) is 2.47. The first kappa shape index (κ1) is 12.7. The van der Waals surface area contributed by atoms with E-state index in [1.807, 2.05) is 6.92 Å². The van der Waals surface area contributed by atoms with E-state index in [-0.39, 0.29) is 6.61 Å². The first-order chi connectivity index (χ1) is 6.71. The molecule has 0 bridgehead atoms. The maximum Gasteiger partial charge on any atom is 0.336 e. The van der Waals surface area contributed by atoms with Crippen LogP contribution in [0, 0.1) is 0 Å². The largest absolute Gasteiger partial charge is 0.466 e. The van der Waals surface area contributed by atoms with Crippen LogP contribution in [0.2, 0.25) is 0 Å². The second kappa shape index (κ2) is 7.09. The van der Waals surface area contributed by atoms with Crippen molar-refractivity contribution >= 4 is 5.97 Å². The SMILES string of the molecule is C=CC(C=C)=C(COCC)C(=O)OC. The first-order valence-corrected chi connectivity index (χ1v) is 4.35. The zero-order valence-corrected chi connectivity index (χ0v) is 8.71. The fourth-order valence-electron chi connectivity index (χ4n) is 0.917. The van der Waals surface area contributed by atoms with Gasteiger partial charge in [0, 0.05) is 6.61 Å². The molecule has 0 spiro atoms. The molecule has 0 aliphatic heterocycles. The second-order valence-electron chi connectivity index (χ2n) is 2.47. The third-order valence-corrected chi connectivity index (χ3v) is 1.67. The number of rotatable bonds is 6. The van der Waals surface area contributed by atoms with Crippen molar-refractivity contribution in [3.63, 3.8) is 0 Å². The Bertz CT molecular complexity index is 241. The van der Waals surface area contributed by atoms with Crippen molar-refractivity contribution in [3.05, 3.63) is 36.5 Å². The topological polar surface area (TPSA) is 35.5 Å². The highest BCUT2D eigenvalue weighted by Crippen LogP contribution is 2.09. The molecule has 0 saturated carbocycles. The van der Waals surface area contributed by atoms with Gasteiger partial charge in [0.1, 0.15) is 0 Å². The van der Waals surface area contributed by atoms with Crippen molar-refractivity contribution < 1.29 is 14.3 Å². The molecule has 0 heterocycles. The molecule has 0 aliphatic rings. The minimum Gasteiger partial charge on any atom is -0.466 e. The molecule has 0 aromatic heterocycles. The lowest BCUT2D eigenvalue weighted by atomic mass is 10.1. The van der Waals surface area contributed by atoms with Crippen LogP contribution in [0.5, 0.6) is 0 Å². The molecule has 0 unspecified atom stereocenters. The van der Waals surface area contributed by atoms with Gasteiger partial charge >= 0.3 is 5.97 Å². The lowest BCUT2D eigenvalue weighted by molar-refractivity contribution is -0.136. The van der Waals surface area contributed by atoms with Gasteiger partial charge in [0.25, 0.3) is 0 Å². The number of ether oxygens (including phenoxy) is 2. The molecule has 0 saturated heterocycles. The Morgan fingerprint density at radius 1 is 1.36 bits per heavy atom. The average molecular weight is 196 g/mol. The van der Waals surface area contributed by atoms with Gasteiger partial charge in [-0.3, -0.25) is 0 Å². The Morgan fingerprint density at radius 2 is 1.93 bits per heavy atom. The van der Waals surface area contributed by atoms with Crippen LogP contribution in [0.25, 0.3) is 0 Å². The summed E-state index contributed by atoms with van der Waals surface area (Å²) in [5, 5.41) is 0. The van der Waals surface area contributed by atoms with Gasteiger partial charge in [0.05, 0.1) is 19.3 Å². The molecule has 0 atom stereocenters. The number of esters is 1. The van der Waals surface area contributed by atoms with Gasteiger partial charge < -0.3 is 9.47 Å². The van der Waals surface area contributed by atoms with E-state index in [2.05, 4.69) is 17.9 Å². The van der Waals surface area contributed by atoms with Gasteiger partial charge in [0.2, 0.25) is 0 Å². The van der Waals surface area contributed by atoms with Crippen LogP contribution in [-0.2, 0) is 14.3 Å². The van der Waals surface area contributed by atoms with Gasteiger partial charge in [-0.15, -0.1) is 0 Å². The molecule has 0 amide bonds. The Kier molecular flexibility index (Phi) is 6.41. The molecule has 3 nitrogen and oxygen atoms in total. The molecule has 0 aromatic carbocycles. The normalized spacial score (nSPS) is 9.00. The first-order valence-electron chi connectivity index (χ1n) is 4.35. The van der Waals surface area contributed by atoms with E-state index >= 15 is 0 Å². The van der Waals surface area contributed by atoms with Crippen LogP contribution in [-0.4, -0.2) is 26.3 Å². The summed E-state index contributed by atoms with van der Waals surface area (Å²) in [5.74, 6) is -0.409. The molecule has 78 valence electrons. The molecule has 0 aliphatic carbocycles. The standard InChI is InChI=1S/C11H16O3/c1-5-9(6-2)10(8-14-7-3)11(12)13-4/h5-6H,1-2,7-8H2,3-4H3. The van der Waals surface area contributed by atoms with Crippen molar-refractivity contribution in [2.45, 2.75) is 6.92 Å². The molecule has 14 heavy (non-hydrogen) atoms. The van der Waals surface area contributed by atoms with Gasteiger partial charge in [-0.1, -0.05) is 25.3 Å². The van der Waals surface area contributed by atoms with E-state index in [9.17, 15) is 4.79 Å². The number of allylic oxidation sites excluding steroid dienone is 3. The smallest absolute Gasteiger partial charge is 0.336 e. The van der Waals surface area contributed by atoms with Gasteiger partial charge in [0.15, 0.2) is 0 Å². The lowest BCUT2D eigenvalue weighted by Crippen LogP contribution is -2.12. The molecule has 0 N–H and O–H groups in total. The van der Waals surface area contributed by atoms with E-state index in [1.165, 1.54) is 7.11 Å². The summed E-state index contributed by atoms with van der Waals surface area (Å²) in [7, 11) is 1.33. The summed E-state index contributed by atoms with van der Waals surface area (Å²) in [6.07, 6.45) is 3.11. The van der Waals surface area contributed by atoms with Gasteiger partial charge in [-0.25, -0.2) is 4.79 Å². The van der Waals surface area contributed by atoms with Gasteiger partial charge in [-0.2, -0.15) is 0 Å². The lowest BCUT2D eigenvalue weighted by Gasteiger charge is -2.07. The maximum absolute atomic E-state index is 11.3. The Labute approximate surface area is 84.7 Å². The number of methoxy groups -OCH3 is 1. The number of hydrogen-bond acceptors (Lipinski definition) is 3. The van der Waals surface area contributed by atoms with E-state index < -0.39 is 5.97 Å². The Balaban J connectivity index is 4.85. The summed E-state index contributed by atoms with van der Waals surface area (Å²) in [5.41, 5.74) is 1.09. The van der Waals surface area contributed by atoms with Crippen LogP contribution in [0.3, 0.4) is 0 Å². The number of carbonyl (C=O) groups is 1. The van der Waals surface area contributed by atoms with Crippen LogP contribution in [0.1, 0.15) is 6.92 Å². The van der Waals surface area contributed by atoms with E-state index in [4.69, 9.17) is 4.74 Å². The summed E-state index contributed by atoms with van der Waals surface area (Å²) < 4.78 is 9.77. The molecular formula is C11H16O3. The van der Waals surface area contributed by atoms with Crippen LogP contribution >= 0.6 is 0 Å². The molecule has 0 fully saturated rings. The number of hydrogen-bond donors (Lipinski definition) is 0. The predicted molar refractivity (Wildman–Crippen MR) is 55.9 cm³/mol. The molecule has 3 heteroatoms. The fourth-order valence-corrected chi connectivity index (χ4v) is 0.917. The van der Waals surface area contributed by atoms with Crippen molar-refractivity contribution in [2.24, 2.45) is 0 Å². The third kappa shape index (κ3) is 3.58.